The van der Waals surface area contributed by atoms with Gasteiger partial charge in [-0.25, -0.2) is 0 Å². The van der Waals surface area contributed by atoms with Gasteiger partial charge >= 0.3 is 0 Å². The Morgan fingerprint density at radius 2 is 1.86 bits per heavy atom. The van der Waals surface area contributed by atoms with Crippen molar-refractivity contribution >= 4 is 51.2 Å². The number of benzene rings is 2. The largest absolute Gasteiger partial charge is 0.493 e. The number of para-hydroxylation sites is 2. The van der Waals surface area contributed by atoms with E-state index in [1.165, 1.54) is 16.7 Å². The molecule has 1 aliphatic rings. The third kappa shape index (κ3) is 4.23. The van der Waals surface area contributed by atoms with E-state index in [-0.39, 0.29) is 5.91 Å². The predicted molar refractivity (Wildman–Crippen MR) is 124 cm³/mol. The molecule has 0 spiro atoms. The molecule has 29 heavy (non-hydrogen) atoms. The lowest BCUT2D eigenvalue weighted by Crippen LogP contribution is -2.22. The first kappa shape index (κ1) is 19.7. The number of ether oxygens (including phenoxy) is 1. The number of amides is 1. The van der Waals surface area contributed by atoms with E-state index in [4.69, 9.17) is 17.0 Å². The zero-order valence-corrected chi connectivity index (χ0v) is 18.0. The highest BCUT2D eigenvalue weighted by Crippen LogP contribution is 2.33. The van der Waals surface area contributed by atoms with Crippen molar-refractivity contribution in [1.82, 2.24) is 9.47 Å². The van der Waals surface area contributed by atoms with E-state index in [9.17, 15) is 4.79 Å². The van der Waals surface area contributed by atoms with E-state index in [0.717, 1.165) is 28.8 Å². The van der Waals surface area contributed by atoms with Gasteiger partial charge in [0.05, 0.1) is 11.5 Å². The van der Waals surface area contributed by atoms with Crippen LogP contribution in [0.2, 0.25) is 0 Å². The topological polar surface area (TPSA) is 34.5 Å². The summed E-state index contributed by atoms with van der Waals surface area (Å²) >= 11 is 6.60. The summed E-state index contributed by atoms with van der Waals surface area (Å²) in [7, 11) is 1.72. The Hall–Kier alpha value is -2.57. The van der Waals surface area contributed by atoms with Crippen molar-refractivity contribution in [2.45, 2.75) is 13.5 Å². The highest BCUT2D eigenvalue weighted by molar-refractivity contribution is 8.26. The van der Waals surface area contributed by atoms with Crippen molar-refractivity contribution in [3.63, 3.8) is 0 Å². The van der Waals surface area contributed by atoms with E-state index in [0.29, 0.717) is 21.8 Å². The second-order valence-electron chi connectivity index (χ2n) is 7.22. The van der Waals surface area contributed by atoms with Gasteiger partial charge in [0.2, 0.25) is 0 Å². The molecule has 0 aliphatic carbocycles. The summed E-state index contributed by atoms with van der Waals surface area (Å²) in [5.41, 5.74) is 2.18. The molecule has 1 aliphatic heterocycles. The third-order valence-corrected chi connectivity index (χ3v) is 6.36. The van der Waals surface area contributed by atoms with Crippen LogP contribution in [0.3, 0.4) is 0 Å². The van der Waals surface area contributed by atoms with Crippen LogP contribution in [0, 0.1) is 5.92 Å². The summed E-state index contributed by atoms with van der Waals surface area (Å²) in [5.74, 6) is 1.17. The van der Waals surface area contributed by atoms with Crippen LogP contribution in [-0.2, 0) is 11.3 Å². The molecule has 6 heteroatoms. The Morgan fingerprint density at radius 3 is 2.59 bits per heavy atom. The van der Waals surface area contributed by atoms with Gasteiger partial charge in [0.15, 0.2) is 0 Å². The lowest BCUT2D eigenvalue weighted by Gasteiger charge is -2.15. The standard InChI is InChI=1S/C23H22N2O2S2/c1-16(15-27-18-8-4-3-5-9-18)13-25-14-17(19-10-6-7-11-20(19)25)12-21-22(26)24(2)23(28)29-21/h3-12,14,16H,13,15H2,1-2H3/b21-12-. The molecular formula is C23H22N2O2S2. The van der Waals surface area contributed by atoms with E-state index in [1.807, 2.05) is 48.5 Å². The molecule has 2 heterocycles. The quantitative estimate of drug-likeness (QED) is 0.405. The van der Waals surface area contributed by atoms with E-state index in [2.05, 4.69) is 29.8 Å². The number of nitrogens with zero attached hydrogens (tertiary/aromatic N) is 2. The van der Waals surface area contributed by atoms with Gasteiger partial charge < -0.3 is 9.30 Å². The molecule has 1 aromatic heterocycles. The van der Waals surface area contributed by atoms with Gasteiger partial charge in [0.25, 0.3) is 5.91 Å². The van der Waals surface area contributed by atoms with Crippen LogP contribution >= 0.6 is 24.0 Å². The van der Waals surface area contributed by atoms with Crippen LogP contribution < -0.4 is 4.74 Å². The first-order chi connectivity index (χ1) is 14.0. The molecule has 1 fully saturated rings. The molecule has 0 bridgehead atoms. The van der Waals surface area contributed by atoms with Crippen molar-refractivity contribution in [2.24, 2.45) is 5.92 Å². The number of aromatic nitrogens is 1. The molecule has 1 saturated heterocycles. The van der Waals surface area contributed by atoms with Crippen molar-refractivity contribution < 1.29 is 9.53 Å². The van der Waals surface area contributed by atoms with Crippen LogP contribution in [-0.4, -0.2) is 33.3 Å². The monoisotopic (exact) mass is 422 g/mol. The van der Waals surface area contributed by atoms with Crippen molar-refractivity contribution in [3.05, 3.63) is 71.3 Å². The predicted octanol–water partition coefficient (Wildman–Crippen LogP) is 5.19. The van der Waals surface area contributed by atoms with Crippen LogP contribution in [0.15, 0.2) is 65.7 Å². The Balaban J connectivity index is 1.56. The fourth-order valence-corrected chi connectivity index (χ4v) is 4.54. The first-order valence-corrected chi connectivity index (χ1v) is 10.7. The highest BCUT2D eigenvalue weighted by Gasteiger charge is 2.29. The van der Waals surface area contributed by atoms with Crippen LogP contribution in [0.25, 0.3) is 17.0 Å². The molecule has 148 valence electrons. The molecule has 2 aromatic carbocycles. The number of fused-ring (bicyclic) bond motifs is 1. The second kappa shape index (κ2) is 8.43. The number of rotatable bonds is 6. The van der Waals surface area contributed by atoms with Gasteiger partial charge in [-0.1, -0.05) is 67.3 Å². The Labute approximate surface area is 180 Å². The molecule has 0 radical (unpaired) electrons. The lowest BCUT2D eigenvalue weighted by atomic mass is 10.1. The fourth-order valence-electron chi connectivity index (χ4n) is 3.37. The van der Waals surface area contributed by atoms with Gasteiger partial charge in [-0.15, -0.1) is 0 Å². The number of thioether (sulfide) groups is 1. The van der Waals surface area contributed by atoms with Gasteiger partial charge in [0.1, 0.15) is 10.1 Å². The zero-order valence-electron chi connectivity index (χ0n) is 16.4. The molecular weight excluding hydrogens is 400 g/mol. The van der Waals surface area contributed by atoms with Crippen LogP contribution in [0.4, 0.5) is 0 Å². The van der Waals surface area contributed by atoms with Crippen molar-refractivity contribution in [2.75, 3.05) is 13.7 Å². The number of likely N-dealkylation sites (N-methyl/N-ethyl adjacent to an activating group) is 1. The Morgan fingerprint density at radius 1 is 1.14 bits per heavy atom. The van der Waals surface area contributed by atoms with Gasteiger partial charge in [-0.05, 0) is 24.3 Å². The average molecular weight is 423 g/mol. The minimum atomic E-state index is -0.0403. The van der Waals surface area contributed by atoms with Gasteiger partial charge in [0, 0.05) is 42.2 Å². The van der Waals surface area contributed by atoms with E-state index >= 15 is 0 Å². The first-order valence-electron chi connectivity index (χ1n) is 9.50. The Kier molecular flexibility index (Phi) is 5.74. The highest BCUT2D eigenvalue weighted by atomic mass is 32.2. The van der Waals surface area contributed by atoms with E-state index < -0.39 is 0 Å². The van der Waals surface area contributed by atoms with E-state index in [1.54, 1.807) is 7.05 Å². The van der Waals surface area contributed by atoms with Crippen molar-refractivity contribution in [3.8, 4) is 5.75 Å². The summed E-state index contributed by atoms with van der Waals surface area (Å²) in [6.07, 6.45) is 4.07. The number of carbonyl (C=O) groups excluding carboxylic acids is 1. The maximum absolute atomic E-state index is 12.4. The minimum Gasteiger partial charge on any atom is -0.493 e. The fraction of sp³-hybridized carbons (Fsp3) is 0.217. The molecule has 4 rings (SSSR count). The molecule has 1 unspecified atom stereocenters. The maximum atomic E-state index is 12.4. The van der Waals surface area contributed by atoms with Crippen LogP contribution in [0.1, 0.15) is 12.5 Å². The summed E-state index contributed by atoms with van der Waals surface area (Å²) < 4.78 is 8.75. The number of hydrogen-bond donors (Lipinski definition) is 0. The summed E-state index contributed by atoms with van der Waals surface area (Å²) in [6, 6.07) is 18.2. The maximum Gasteiger partial charge on any atom is 0.265 e. The van der Waals surface area contributed by atoms with Crippen molar-refractivity contribution in [1.29, 1.82) is 0 Å². The van der Waals surface area contributed by atoms with Gasteiger partial charge in [-0.3, -0.25) is 9.69 Å². The number of hydrogen-bond acceptors (Lipinski definition) is 4. The number of carbonyl (C=O) groups is 1. The van der Waals surface area contributed by atoms with Crippen LogP contribution in [0.5, 0.6) is 5.75 Å². The molecule has 0 N–H and O–H groups in total. The average Bonchev–Trinajstić information content (AvgIpc) is 3.20. The molecule has 0 saturated carbocycles. The minimum absolute atomic E-state index is 0.0403. The summed E-state index contributed by atoms with van der Waals surface area (Å²) in [5, 5.41) is 1.13. The third-order valence-electron chi connectivity index (χ3n) is 4.88. The summed E-state index contributed by atoms with van der Waals surface area (Å²) in [6.45, 7) is 3.65. The van der Waals surface area contributed by atoms with Gasteiger partial charge in [-0.2, -0.15) is 0 Å². The molecule has 4 nitrogen and oxygen atoms in total. The summed E-state index contributed by atoms with van der Waals surface area (Å²) in [4.78, 5) is 14.6. The second-order valence-corrected chi connectivity index (χ2v) is 8.90. The Bertz CT molecular complexity index is 1090. The molecule has 1 atom stereocenters. The normalized spacial score (nSPS) is 16.8. The lowest BCUT2D eigenvalue weighted by molar-refractivity contribution is -0.121. The smallest absolute Gasteiger partial charge is 0.265 e. The molecule has 1 amide bonds. The zero-order chi connectivity index (χ0) is 20.4. The SMILES string of the molecule is CC(COc1ccccc1)Cn1cc(/C=C2\SC(=S)N(C)C2=O)c2ccccc21. The number of thiocarbonyl (C=S) groups is 1. The molecule has 3 aromatic rings.